The molecule has 18 heavy (non-hydrogen) atoms. The molecule has 0 fully saturated rings. The number of nitrogens with one attached hydrogen (secondary N) is 1. The molecule has 4 heteroatoms. The molecule has 0 aliphatic heterocycles. The van der Waals surface area contributed by atoms with Crippen LogP contribution in [0.15, 0.2) is 36.5 Å². The molecule has 1 N–H and O–H groups in total. The fourth-order valence-electron chi connectivity index (χ4n) is 1.97. The number of pyridine rings is 1. The first-order valence-corrected chi connectivity index (χ1v) is 6.04. The molecule has 1 atom stereocenters. The molecule has 2 nitrogen and oxygen atoms in total. The molecule has 1 unspecified atom stereocenters. The van der Waals surface area contributed by atoms with E-state index < -0.39 is 0 Å². The molecule has 0 aliphatic carbocycles. The van der Waals surface area contributed by atoms with Gasteiger partial charge >= 0.3 is 0 Å². The molecule has 0 radical (unpaired) electrons. The summed E-state index contributed by atoms with van der Waals surface area (Å²) in [6, 6.07) is 8.44. The van der Waals surface area contributed by atoms with Crippen LogP contribution in [-0.4, -0.2) is 12.0 Å². The number of hydrogen-bond donors (Lipinski definition) is 1. The van der Waals surface area contributed by atoms with Gasteiger partial charge in [-0.05, 0) is 49.4 Å². The smallest absolute Gasteiger partial charge is 0.123 e. The Bertz CT molecular complexity index is 520. The van der Waals surface area contributed by atoms with Crippen LogP contribution in [0.2, 0.25) is 5.02 Å². The van der Waals surface area contributed by atoms with E-state index in [2.05, 4.69) is 10.3 Å². The van der Waals surface area contributed by atoms with Gasteiger partial charge in [0.1, 0.15) is 5.82 Å². The van der Waals surface area contributed by atoms with Crippen molar-refractivity contribution < 1.29 is 4.39 Å². The summed E-state index contributed by atoms with van der Waals surface area (Å²) in [6.07, 6.45) is 1.59. The Balaban J connectivity index is 2.41. The average Bonchev–Trinajstić information content (AvgIpc) is 2.31. The second-order valence-corrected chi connectivity index (χ2v) is 4.62. The van der Waals surface area contributed by atoms with Gasteiger partial charge in [-0.1, -0.05) is 17.7 Å². The maximum Gasteiger partial charge on any atom is 0.123 e. The van der Waals surface area contributed by atoms with E-state index in [0.29, 0.717) is 5.02 Å². The third-order valence-electron chi connectivity index (χ3n) is 2.73. The molecule has 0 bridgehead atoms. The van der Waals surface area contributed by atoms with E-state index in [1.165, 1.54) is 12.1 Å². The first-order chi connectivity index (χ1) is 8.60. The fourth-order valence-corrected chi connectivity index (χ4v) is 2.09. The predicted molar refractivity (Wildman–Crippen MR) is 71.3 cm³/mol. The number of hydrogen-bond acceptors (Lipinski definition) is 2. The second-order valence-electron chi connectivity index (χ2n) is 4.18. The summed E-state index contributed by atoms with van der Waals surface area (Å²) < 4.78 is 13.4. The molecular formula is C14H14ClFN2. The SMILES string of the molecule is CNC(c1cc(C)cc(F)c1)c1ccc(Cl)cn1. The summed E-state index contributed by atoms with van der Waals surface area (Å²) in [7, 11) is 1.82. The lowest BCUT2D eigenvalue weighted by Gasteiger charge is -2.17. The molecule has 1 heterocycles. The van der Waals surface area contributed by atoms with E-state index >= 15 is 0 Å². The van der Waals surface area contributed by atoms with Crippen LogP contribution < -0.4 is 5.32 Å². The zero-order chi connectivity index (χ0) is 13.1. The van der Waals surface area contributed by atoms with E-state index in [1.54, 1.807) is 12.3 Å². The van der Waals surface area contributed by atoms with Gasteiger partial charge < -0.3 is 5.32 Å². The number of aryl methyl sites for hydroxylation is 1. The van der Waals surface area contributed by atoms with Gasteiger partial charge in [0.2, 0.25) is 0 Å². The van der Waals surface area contributed by atoms with Gasteiger partial charge in [-0.15, -0.1) is 0 Å². The van der Waals surface area contributed by atoms with Crippen LogP contribution in [0.4, 0.5) is 4.39 Å². The monoisotopic (exact) mass is 264 g/mol. The molecule has 94 valence electrons. The molecule has 1 aromatic heterocycles. The van der Waals surface area contributed by atoms with Gasteiger partial charge in [0.15, 0.2) is 0 Å². The van der Waals surface area contributed by atoms with Crippen molar-refractivity contribution in [3.05, 3.63) is 64.2 Å². The Morgan fingerprint density at radius 2 is 2.06 bits per heavy atom. The lowest BCUT2D eigenvalue weighted by molar-refractivity contribution is 0.612. The zero-order valence-corrected chi connectivity index (χ0v) is 11.0. The average molecular weight is 265 g/mol. The molecule has 0 spiro atoms. The van der Waals surface area contributed by atoms with Crippen LogP contribution in [0, 0.1) is 12.7 Å². The van der Waals surface area contributed by atoms with Crippen LogP contribution >= 0.6 is 11.6 Å². The fraction of sp³-hybridized carbons (Fsp3) is 0.214. The van der Waals surface area contributed by atoms with Crippen molar-refractivity contribution >= 4 is 11.6 Å². The third-order valence-corrected chi connectivity index (χ3v) is 2.96. The van der Waals surface area contributed by atoms with E-state index in [-0.39, 0.29) is 11.9 Å². The van der Waals surface area contributed by atoms with E-state index in [9.17, 15) is 4.39 Å². The van der Waals surface area contributed by atoms with Gasteiger partial charge in [-0.3, -0.25) is 4.98 Å². The Kier molecular flexibility index (Phi) is 3.94. The van der Waals surface area contributed by atoms with Crippen molar-refractivity contribution in [2.45, 2.75) is 13.0 Å². The van der Waals surface area contributed by atoms with E-state index in [4.69, 9.17) is 11.6 Å². The minimum absolute atomic E-state index is 0.142. The third kappa shape index (κ3) is 2.86. The summed E-state index contributed by atoms with van der Waals surface area (Å²) >= 11 is 5.81. The molecule has 2 rings (SSSR count). The van der Waals surface area contributed by atoms with Crippen molar-refractivity contribution in [1.29, 1.82) is 0 Å². The molecular weight excluding hydrogens is 251 g/mol. The summed E-state index contributed by atoms with van der Waals surface area (Å²) in [5.41, 5.74) is 2.55. The highest BCUT2D eigenvalue weighted by Crippen LogP contribution is 2.22. The van der Waals surface area contributed by atoms with Gasteiger partial charge in [-0.25, -0.2) is 4.39 Å². The maximum atomic E-state index is 13.4. The standard InChI is InChI=1S/C14H14ClFN2/c1-9-5-10(7-12(16)6-9)14(17-2)13-4-3-11(15)8-18-13/h3-8,14,17H,1-2H3. The minimum atomic E-state index is -0.237. The van der Waals surface area contributed by atoms with Crippen molar-refractivity contribution in [2.24, 2.45) is 0 Å². The molecule has 2 aromatic rings. The number of benzene rings is 1. The molecule has 0 saturated carbocycles. The highest BCUT2D eigenvalue weighted by atomic mass is 35.5. The van der Waals surface area contributed by atoms with Gasteiger partial charge in [0.05, 0.1) is 16.8 Å². The van der Waals surface area contributed by atoms with Gasteiger partial charge in [0.25, 0.3) is 0 Å². The lowest BCUT2D eigenvalue weighted by Crippen LogP contribution is -2.19. The highest BCUT2D eigenvalue weighted by molar-refractivity contribution is 6.30. The molecule has 0 saturated heterocycles. The minimum Gasteiger partial charge on any atom is -0.308 e. The molecule has 0 aliphatic rings. The number of nitrogens with zero attached hydrogens (tertiary/aromatic N) is 1. The van der Waals surface area contributed by atoms with Crippen LogP contribution in [-0.2, 0) is 0 Å². The summed E-state index contributed by atoms with van der Waals surface area (Å²) in [6.45, 7) is 1.87. The second kappa shape index (κ2) is 5.46. The molecule has 0 amide bonds. The van der Waals surface area contributed by atoms with Gasteiger partial charge in [0, 0.05) is 6.20 Å². The topological polar surface area (TPSA) is 24.9 Å². The normalized spacial score (nSPS) is 12.4. The Morgan fingerprint density at radius 1 is 1.28 bits per heavy atom. The van der Waals surface area contributed by atoms with Crippen LogP contribution in [0.5, 0.6) is 0 Å². The Hall–Kier alpha value is -1.45. The van der Waals surface area contributed by atoms with Crippen LogP contribution in [0.1, 0.15) is 22.9 Å². The zero-order valence-electron chi connectivity index (χ0n) is 10.2. The number of rotatable bonds is 3. The van der Waals surface area contributed by atoms with Crippen molar-refractivity contribution in [3.63, 3.8) is 0 Å². The largest absolute Gasteiger partial charge is 0.308 e. The van der Waals surface area contributed by atoms with Crippen LogP contribution in [0.25, 0.3) is 0 Å². The van der Waals surface area contributed by atoms with E-state index in [0.717, 1.165) is 16.8 Å². The van der Waals surface area contributed by atoms with Gasteiger partial charge in [-0.2, -0.15) is 0 Å². The number of halogens is 2. The van der Waals surface area contributed by atoms with E-state index in [1.807, 2.05) is 26.1 Å². The van der Waals surface area contributed by atoms with Crippen LogP contribution in [0.3, 0.4) is 0 Å². The lowest BCUT2D eigenvalue weighted by atomic mass is 10.0. The van der Waals surface area contributed by atoms with Crippen molar-refractivity contribution in [1.82, 2.24) is 10.3 Å². The Labute approximate surface area is 111 Å². The predicted octanol–water partition coefficient (Wildman–Crippen LogP) is 3.49. The first-order valence-electron chi connectivity index (χ1n) is 5.66. The molecule has 1 aromatic carbocycles. The van der Waals surface area contributed by atoms with Crippen molar-refractivity contribution in [3.8, 4) is 0 Å². The van der Waals surface area contributed by atoms with Crippen molar-refractivity contribution in [2.75, 3.05) is 7.05 Å². The quantitative estimate of drug-likeness (QED) is 0.918. The summed E-state index contributed by atoms with van der Waals surface area (Å²) in [5.74, 6) is -0.237. The summed E-state index contributed by atoms with van der Waals surface area (Å²) in [5, 5.41) is 3.72. The first kappa shape index (κ1) is 13.0. The Morgan fingerprint density at radius 3 is 2.61 bits per heavy atom. The maximum absolute atomic E-state index is 13.4. The summed E-state index contributed by atoms with van der Waals surface area (Å²) in [4.78, 5) is 4.27. The highest BCUT2D eigenvalue weighted by Gasteiger charge is 2.14. The number of aromatic nitrogens is 1.